The van der Waals surface area contributed by atoms with Crippen molar-refractivity contribution in [3.05, 3.63) is 53.6 Å². The lowest BCUT2D eigenvalue weighted by Gasteiger charge is -2.44. The molecule has 0 saturated carbocycles. The first-order chi connectivity index (χ1) is 10.9. The van der Waals surface area contributed by atoms with Crippen LogP contribution in [0.2, 0.25) is 16.6 Å². The van der Waals surface area contributed by atoms with E-state index in [-0.39, 0.29) is 0 Å². The van der Waals surface area contributed by atoms with Crippen LogP contribution in [0.25, 0.3) is 11.1 Å². The molecule has 0 spiro atoms. The molecule has 23 heavy (non-hydrogen) atoms. The maximum absolute atomic E-state index is 2.47. The van der Waals surface area contributed by atoms with Crippen LogP contribution in [-0.2, 0) is 6.42 Å². The zero-order chi connectivity index (χ0) is 16.8. The summed E-state index contributed by atoms with van der Waals surface area (Å²) in [7, 11) is -1.60. The summed E-state index contributed by atoms with van der Waals surface area (Å²) < 4.78 is 0. The number of rotatable bonds is 4. The minimum absolute atomic E-state index is 0.762. The first kappa shape index (κ1) is 16.5. The van der Waals surface area contributed by atoms with Crippen molar-refractivity contribution in [3.63, 3.8) is 0 Å². The van der Waals surface area contributed by atoms with E-state index in [0.29, 0.717) is 0 Å². The third-order valence-corrected chi connectivity index (χ3v) is 13.3. The van der Waals surface area contributed by atoms with E-state index in [9.17, 15) is 0 Å². The van der Waals surface area contributed by atoms with Crippen molar-refractivity contribution in [2.75, 3.05) is 0 Å². The highest BCUT2D eigenvalue weighted by atomic mass is 28.3. The average molecular weight is 323 g/mol. The molecule has 0 radical (unpaired) electrons. The fourth-order valence-corrected chi connectivity index (χ4v) is 12.5. The fourth-order valence-electron chi connectivity index (χ4n) is 5.50. The van der Waals surface area contributed by atoms with Crippen LogP contribution in [0, 0.1) is 0 Å². The fraction of sp³-hybridized carbons (Fsp3) is 0.455. The molecule has 0 heterocycles. The quantitative estimate of drug-likeness (QED) is 0.506. The van der Waals surface area contributed by atoms with Crippen molar-refractivity contribution in [3.8, 4) is 11.1 Å². The predicted octanol–water partition coefficient (Wildman–Crippen LogP) is 6.14. The molecule has 0 aliphatic heterocycles. The minimum Gasteiger partial charge on any atom is -0.0648 e. The van der Waals surface area contributed by atoms with Gasteiger partial charge in [0.05, 0.1) is 8.07 Å². The molecule has 0 bridgehead atoms. The summed E-state index contributed by atoms with van der Waals surface area (Å²) in [6, 6.07) is 16.1. The maximum Gasteiger partial charge on any atom is 0.0946 e. The van der Waals surface area contributed by atoms with Gasteiger partial charge in [0.2, 0.25) is 0 Å². The van der Waals surface area contributed by atoms with Gasteiger partial charge < -0.3 is 0 Å². The molecule has 0 fully saturated rings. The second kappa shape index (κ2) is 5.94. The van der Waals surface area contributed by atoms with E-state index >= 15 is 0 Å². The lowest BCUT2D eigenvalue weighted by atomic mass is 10.1. The average Bonchev–Trinajstić information content (AvgIpc) is 2.86. The molecule has 0 atom stereocenters. The summed E-state index contributed by atoms with van der Waals surface area (Å²) in [6.07, 6.45) is 1.13. The molecular weight excluding hydrogens is 292 g/mol. The summed E-state index contributed by atoms with van der Waals surface area (Å²) in [5.41, 5.74) is 8.39. The predicted molar refractivity (Wildman–Crippen MR) is 105 cm³/mol. The monoisotopic (exact) mass is 322 g/mol. The van der Waals surface area contributed by atoms with Crippen molar-refractivity contribution in [1.29, 1.82) is 0 Å². The second-order valence-electron chi connectivity index (χ2n) is 8.06. The van der Waals surface area contributed by atoms with Crippen LogP contribution in [0.5, 0.6) is 0 Å². The summed E-state index contributed by atoms with van der Waals surface area (Å²) >= 11 is 0. The van der Waals surface area contributed by atoms with E-state index in [4.69, 9.17) is 0 Å². The van der Waals surface area contributed by atoms with Gasteiger partial charge in [-0.3, -0.25) is 0 Å². The van der Waals surface area contributed by atoms with Gasteiger partial charge in [-0.2, -0.15) is 0 Å². The molecule has 1 aliphatic carbocycles. The van der Waals surface area contributed by atoms with E-state index in [2.05, 4.69) is 84.0 Å². The molecule has 0 amide bonds. The van der Waals surface area contributed by atoms with Crippen LogP contribution in [0.15, 0.2) is 42.5 Å². The summed E-state index contributed by atoms with van der Waals surface area (Å²) in [6.45, 7) is 14.8. The molecule has 3 rings (SSSR count). The standard InChI is InChI=1S/C22H30Si/c1-15(2)23(16(3)4,17(5)6)22-13-9-12-20-19-11-8-7-10-18(19)14-21(20)22/h7-13,15-17H,14H2,1-6H3. The molecule has 0 unspecified atom stereocenters. The van der Waals surface area contributed by atoms with Gasteiger partial charge in [0.15, 0.2) is 0 Å². The molecule has 0 N–H and O–H groups in total. The highest BCUT2D eigenvalue weighted by molar-refractivity contribution is 6.95. The van der Waals surface area contributed by atoms with Gasteiger partial charge in [-0.05, 0) is 45.3 Å². The van der Waals surface area contributed by atoms with Gasteiger partial charge >= 0.3 is 0 Å². The normalized spacial score (nSPS) is 13.8. The largest absolute Gasteiger partial charge is 0.0946 e. The Morgan fingerprint density at radius 1 is 0.696 bits per heavy atom. The highest BCUT2D eigenvalue weighted by Gasteiger charge is 2.46. The molecular formula is C22H30Si. The first-order valence-corrected chi connectivity index (χ1v) is 11.3. The van der Waals surface area contributed by atoms with Crippen LogP contribution in [0.1, 0.15) is 52.7 Å². The van der Waals surface area contributed by atoms with E-state index in [1.54, 1.807) is 10.8 Å². The molecule has 122 valence electrons. The topological polar surface area (TPSA) is 0 Å². The first-order valence-electron chi connectivity index (χ1n) is 9.11. The van der Waals surface area contributed by atoms with Gasteiger partial charge in [0, 0.05) is 0 Å². The van der Waals surface area contributed by atoms with Gasteiger partial charge in [-0.25, -0.2) is 0 Å². The summed E-state index contributed by atoms with van der Waals surface area (Å²) in [4.78, 5) is 0. The zero-order valence-corrected chi connectivity index (χ0v) is 16.5. The molecule has 1 aliphatic rings. The van der Waals surface area contributed by atoms with Crippen molar-refractivity contribution < 1.29 is 0 Å². The number of fused-ring (bicyclic) bond motifs is 3. The number of hydrogen-bond donors (Lipinski definition) is 0. The smallest absolute Gasteiger partial charge is 0.0648 e. The highest BCUT2D eigenvalue weighted by Crippen LogP contribution is 2.44. The Bertz CT molecular complexity index is 688. The van der Waals surface area contributed by atoms with E-state index < -0.39 is 8.07 Å². The van der Waals surface area contributed by atoms with Crippen molar-refractivity contribution in [1.82, 2.24) is 0 Å². The Morgan fingerprint density at radius 2 is 1.26 bits per heavy atom. The molecule has 0 nitrogen and oxygen atoms in total. The van der Waals surface area contributed by atoms with Crippen LogP contribution in [0.4, 0.5) is 0 Å². The molecule has 2 aromatic rings. The van der Waals surface area contributed by atoms with Gasteiger partial charge in [-0.1, -0.05) is 89.2 Å². The molecule has 2 aromatic carbocycles. The lowest BCUT2D eigenvalue weighted by Crippen LogP contribution is -2.56. The van der Waals surface area contributed by atoms with E-state index in [1.165, 1.54) is 16.7 Å². The van der Waals surface area contributed by atoms with E-state index in [1.807, 2.05) is 0 Å². The van der Waals surface area contributed by atoms with E-state index in [0.717, 1.165) is 23.0 Å². The molecule has 0 saturated heterocycles. The van der Waals surface area contributed by atoms with Gasteiger partial charge in [0.25, 0.3) is 0 Å². The zero-order valence-electron chi connectivity index (χ0n) is 15.5. The summed E-state index contributed by atoms with van der Waals surface area (Å²) in [5.74, 6) is 0. The Morgan fingerprint density at radius 3 is 1.87 bits per heavy atom. The third-order valence-electron chi connectivity index (χ3n) is 6.18. The van der Waals surface area contributed by atoms with Crippen molar-refractivity contribution in [2.24, 2.45) is 0 Å². The Balaban J connectivity index is 2.26. The van der Waals surface area contributed by atoms with Crippen LogP contribution in [-0.4, -0.2) is 8.07 Å². The summed E-state index contributed by atoms with van der Waals surface area (Å²) in [5, 5.41) is 1.73. The van der Waals surface area contributed by atoms with Crippen molar-refractivity contribution >= 4 is 13.3 Å². The van der Waals surface area contributed by atoms with Gasteiger partial charge in [-0.15, -0.1) is 0 Å². The van der Waals surface area contributed by atoms with Crippen LogP contribution >= 0.6 is 0 Å². The Hall–Kier alpha value is -1.34. The SMILES string of the molecule is CC(C)[Si](c1cccc2c1Cc1ccccc1-2)(C(C)C)C(C)C. The van der Waals surface area contributed by atoms with Crippen LogP contribution in [0.3, 0.4) is 0 Å². The maximum atomic E-state index is 2.47. The van der Waals surface area contributed by atoms with Crippen LogP contribution < -0.4 is 5.19 Å². The molecule has 0 aromatic heterocycles. The Labute approximate surface area is 143 Å². The number of benzene rings is 2. The third kappa shape index (κ3) is 2.32. The second-order valence-corrected chi connectivity index (χ2v) is 13.9. The Kier molecular flexibility index (Phi) is 4.26. The number of hydrogen-bond acceptors (Lipinski definition) is 0. The van der Waals surface area contributed by atoms with Gasteiger partial charge in [0.1, 0.15) is 0 Å². The minimum atomic E-state index is -1.60. The molecule has 1 heteroatoms. The van der Waals surface area contributed by atoms with Crippen molar-refractivity contribution in [2.45, 2.75) is 64.6 Å². The lowest BCUT2D eigenvalue weighted by molar-refractivity contribution is 0.833.